The Hall–Kier alpha value is -6.75. The zero-order valence-corrected chi connectivity index (χ0v) is 45.5. The van der Waals surface area contributed by atoms with Gasteiger partial charge in [-0.15, -0.1) is 13.2 Å². The third-order valence-electron chi connectivity index (χ3n) is 14.9. The molecule has 0 saturated carbocycles. The molecule has 0 amide bonds. The molecule has 0 aliphatic carbocycles. The lowest BCUT2D eigenvalue weighted by molar-refractivity contribution is 0.332. The van der Waals surface area contributed by atoms with Gasteiger partial charge < -0.3 is 8.23 Å². The Labute approximate surface area is 430 Å². The van der Waals surface area contributed by atoms with Crippen molar-refractivity contribution >= 4 is 104 Å². The van der Waals surface area contributed by atoms with Crippen molar-refractivity contribution in [3.05, 3.63) is 180 Å². The Morgan fingerprint density at radius 3 is 1.15 bits per heavy atom. The molecule has 0 N–H and O–H groups in total. The molecule has 4 aliphatic rings. The SMILES string of the molecule is C=CCCCCCC[Si](C)(C)O[Si]1(O[Si](C)(C)CCCCCCC=C)n2c3c4cc5ccccc5cc4c2N=C2N=C(N=c4c5cc6ccccc6cc5c(n41)=NC1=NC(=N3)c3ccccc31)c1ccccc12. The number of hydrogen-bond acceptors (Lipinski definition) is 8. The number of nitrogens with zero attached hydrogens (tertiary/aromatic N) is 8. The second-order valence-corrected chi connectivity index (χ2v) is 32.9. The lowest BCUT2D eigenvalue weighted by Crippen LogP contribution is -2.70. The third kappa shape index (κ3) is 8.50. The summed E-state index contributed by atoms with van der Waals surface area (Å²) in [5.74, 6) is 3.77. The minimum atomic E-state index is -4.38. The van der Waals surface area contributed by atoms with E-state index in [4.69, 9.17) is 38.2 Å². The molecule has 0 fully saturated rings. The molecule has 10 nitrogen and oxygen atoms in total. The summed E-state index contributed by atoms with van der Waals surface area (Å²) in [4.78, 5) is 34.1. The summed E-state index contributed by atoms with van der Waals surface area (Å²) in [5, 5.41) is 8.15. The van der Waals surface area contributed by atoms with Crippen LogP contribution in [0.2, 0.25) is 38.3 Å². The fraction of sp³-hybridized carbons (Fsp3) is 0.267. The summed E-state index contributed by atoms with van der Waals surface area (Å²) in [5.41, 5.74) is 5.08. The van der Waals surface area contributed by atoms with E-state index in [1.165, 1.54) is 0 Å². The predicted molar refractivity (Wildman–Crippen MR) is 309 cm³/mol. The molecule has 0 saturated heterocycles. The molecule has 0 spiro atoms. The van der Waals surface area contributed by atoms with E-state index in [0.29, 0.717) is 46.0 Å². The first kappa shape index (κ1) is 47.3. The van der Waals surface area contributed by atoms with Gasteiger partial charge in [0.15, 0.2) is 40.0 Å². The van der Waals surface area contributed by atoms with E-state index >= 15 is 0 Å². The Morgan fingerprint density at radius 1 is 0.425 bits per heavy atom. The van der Waals surface area contributed by atoms with Crippen molar-refractivity contribution < 1.29 is 8.23 Å². The van der Waals surface area contributed by atoms with E-state index in [9.17, 15) is 0 Å². The van der Waals surface area contributed by atoms with Crippen molar-refractivity contribution in [1.82, 2.24) is 8.47 Å². The van der Waals surface area contributed by atoms with Crippen LogP contribution in [0.15, 0.2) is 177 Å². The number of rotatable bonds is 18. The van der Waals surface area contributed by atoms with E-state index in [0.717, 1.165) is 142 Å². The van der Waals surface area contributed by atoms with Crippen LogP contribution in [0.1, 0.15) is 86.5 Å². The van der Waals surface area contributed by atoms with Crippen molar-refractivity contribution in [1.29, 1.82) is 0 Å². The highest BCUT2D eigenvalue weighted by atomic mass is 28.5. The molecule has 12 rings (SSSR count). The zero-order valence-electron chi connectivity index (χ0n) is 42.5. The van der Waals surface area contributed by atoms with Crippen LogP contribution >= 0.6 is 0 Å². The van der Waals surface area contributed by atoms with Gasteiger partial charge in [-0.3, -0.25) is 8.47 Å². The van der Waals surface area contributed by atoms with Crippen LogP contribution in [0.4, 0.5) is 11.6 Å². The standard InChI is InChI=1S/C60H62N8O2Si3/c1-7-9-11-13-15-25-35-71(3,4)69-73(70-72(5,6)36-26-16-14-12-10-8-2)67-57-49-37-41-27-17-18-28-42(41)38-50(49)58(67)64-54-47-33-23-24-34-48(47)56(62-54)66-60-52-40-44-30-20-19-29-43(44)39-51(52)59(68(60)73)65-55-46-32-22-21-31-45(46)53(61-55)63-57/h7-8,17-24,27-34,37-40H,1-2,9-16,25-26,35-36H2,3-6H3. The number of amidine groups is 4. The van der Waals surface area contributed by atoms with Crippen LogP contribution in [-0.4, -0.2) is 57.3 Å². The summed E-state index contributed by atoms with van der Waals surface area (Å²) in [6.45, 7) is 17.5. The van der Waals surface area contributed by atoms with Crippen molar-refractivity contribution in [2.75, 3.05) is 0 Å². The van der Waals surface area contributed by atoms with Gasteiger partial charge in [0.1, 0.15) is 22.6 Å². The normalized spacial score (nSPS) is 15.3. The van der Waals surface area contributed by atoms with Gasteiger partial charge in [0, 0.05) is 43.8 Å². The van der Waals surface area contributed by atoms with Crippen LogP contribution in [-0.2, 0) is 8.23 Å². The highest BCUT2D eigenvalue weighted by Crippen LogP contribution is 2.47. The first-order valence-electron chi connectivity index (χ1n) is 26.3. The van der Waals surface area contributed by atoms with Gasteiger partial charge in [0.05, 0.1) is 0 Å². The molecule has 13 heteroatoms. The van der Waals surface area contributed by atoms with Gasteiger partial charge in [-0.05, 0) is 110 Å². The van der Waals surface area contributed by atoms with E-state index in [-0.39, 0.29) is 0 Å². The Kier molecular flexibility index (Phi) is 12.3. The molecule has 2 aromatic heterocycles. The molecule has 0 atom stereocenters. The molecule has 4 aliphatic heterocycles. The summed E-state index contributed by atoms with van der Waals surface area (Å²) in [7, 11) is -9.90. The number of aliphatic imine (C=N–C) groups is 4. The molecule has 366 valence electrons. The second-order valence-electron chi connectivity index (χ2n) is 21.3. The predicted octanol–water partition coefficient (Wildman–Crippen LogP) is 14.4. The average Bonchev–Trinajstić information content (AvgIpc) is 4.11. The maximum atomic E-state index is 8.57. The number of benzene rings is 6. The van der Waals surface area contributed by atoms with Crippen LogP contribution in [0, 0.1) is 0 Å². The maximum absolute atomic E-state index is 8.57. The van der Waals surface area contributed by atoms with Gasteiger partial charge in [0.25, 0.3) is 0 Å². The largest absolute Gasteiger partial charge is 0.582 e. The molecule has 6 bridgehead atoms. The number of allylic oxidation sites excluding steroid dienone is 2. The highest BCUT2D eigenvalue weighted by molar-refractivity contribution is 6.88. The molecular formula is C60H62N8O2Si3. The van der Waals surface area contributed by atoms with Crippen LogP contribution < -0.4 is 11.0 Å². The number of hydrogen-bond donors (Lipinski definition) is 0. The Bertz CT molecular complexity index is 3600. The fourth-order valence-electron chi connectivity index (χ4n) is 11.3. The first-order valence-corrected chi connectivity index (χ1v) is 34.2. The van der Waals surface area contributed by atoms with Gasteiger partial charge >= 0.3 is 8.88 Å². The minimum absolute atomic E-state index is 0.593. The molecule has 8 aromatic rings. The summed E-state index contributed by atoms with van der Waals surface area (Å²) >= 11 is 0. The smallest absolute Gasteiger partial charge is 0.404 e. The molecule has 6 aromatic carbocycles. The summed E-state index contributed by atoms with van der Waals surface area (Å²) in [6.07, 6.45) is 15.0. The van der Waals surface area contributed by atoms with Crippen LogP contribution in [0.3, 0.4) is 0 Å². The summed E-state index contributed by atoms with van der Waals surface area (Å²) in [6, 6.07) is 44.9. The lowest BCUT2D eigenvalue weighted by Gasteiger charge is -2.43. The van der Waals surface area contributed by atoms with Gasteiger partial charge in [0.2, 0.25) is 0 Å². The Morgan fingerprint density at radius 2 is 0.767 bits per heavy atom. The van der Waals surface area contributed by atoms with Crippen molar-refractivity contribution in [2.24, 2.45) is 30.0 Å². The number of fused-ring (bicyclic) bond motifs is 16. The van der Waals surface area contributed by atoms with Crippen molar-refractivity contribution in [2.45, 2.75) is 102 Å². The average molecular weight is 1010 g/mol. The van der Waals surface area contributed by atoms with E-state index in [2.05, 4.69) is 169 Å². The van der Waals surface area contributed by atoms with Gasteiger partial charge in [-0.2, -0.15) is 0 Å². The molecule has 0 radical (unpaired) electrons. The first-order chi connectivity index (χ1) is 35.5. The lowest BCUT2D eigenvalue weighted by atomic mass is 10.1. The molecule has 73 heavy (non-hydrogen) atoms. The minimum Gasteiger partial charge on any atom is -0.404 e. The van der Waals surface area contributed by atoms with Gasteiger partial charge in [-0.25, -0.2) is 30.0 Å². The van der Waals surface area contributed by atoms with Crippen LogP contribution in [0.25, 0.3) is 43.1 Å². The Balaban J connectivity index is 1.27. The van der Waals surface area contributed by atoms with E-state index < -0.39 is 25.5 Å². The topological polar surface area (TPSA) is 102 Å². The van der Waals surface area contributed by atoms with Crippen molar-refractivity contribution in [3.63, 3.8) is 0 Å². The fourth-order valence-corrected chi connectivity index (χ4v) is 24.1. The third-order valence-corrected chi connectivity index (χ3v) is 26.6. The number of aromatic nitrogens is 2. The van der Waals surface area contributed by atoms with Crippen molar-refractivity contribution in [3.8, 4) is 0 Å². The second kappa shape index (κ2) is 18.9. The van der Waals surface area contributed by atoms with Crippen LogP contribution in [0.5, 0.6) is 0 Å². The monoisotopic (exact) mass is 1010 g/mol. The zero-order chi connectivity index (χ0) is 49.9. The molecular weight excluding hydrogens is 949 g/mol. The molecule has 6 heterocycles. The quantitative estimate of drug-likeness (QED) is 0.0485. The van der Waals surface area contributed by atoms with Gasteiger partial charge in [-0.1, -0.05) is 148 Å². The van der Waals surface area contributed by atoms with E-state index in [1.807, 2.05) is 12.2 Å². The number of unbranched alkanes of at least 4 members (excludes halogenated alkanes) is 8. The maximum Gasteiger partial charge on any atom is 0.582 e. The molecule has 0 unspecified atom stereocenters. The summed E-state index contributed by atoms with van der Waals surface area (Å²) < 4.78 is 21.8. The highest BCUT2D eigenvalue weighted by Gasteiger charge is 2.58. The van der Waals surface area contributed by atoms with E-state index in [1.54, 1.807) is 0 Å².